The van der Waals surface area contributed by atoms with E-state index in [9.17, 15) is 8.42 Å². The van der Waals surface area contributed by atoms with Gasteiger partial charge in [0, 0.05) is 17.9 Å². The van der Waals surface area contributed by atoms with Crippen LogP contribution in [0.1, 0.15) is 32.4 Å². The molecule has 0 amide bonds. The van der Waals surface area contributed by atoms with Gasteiger partial charge in [0.15, 0.2) is 0 Å². The summed E-state index contributed by atoms with van der Waals surface area (Å²) in [5, 5.41) is 8.93. The predicted molar refractivity (Wildman–Crippen MR) is 68.4 cm³/mol. The molecule has 3 atom stereocenters. The fourth-order valence-corrected chi connectivity index (χ4v) is 3.84. The van der Waals surface area contributed by atoms with Crippen molar-refractivity contribution in [3.05, 3.63) is 18.0 Å². The van der Waals surface area contributed by atoms with E-state index in [4.69, 9.17) is 5.11 Å². The van der Waals surface area contributed by atoms with Crippen LogP contribution in [0.3, 0.4) is 0 Å². The van der Waals surface area contributed by atoms with Gasteiger partial charge < -0.3 is 10.1 Å². The number of hydrogen-bond acceptors (Lipinski definition) is 3. The summed E-state index contributed by atoms with van der Waals surface area (Å²) in [6, 6.07) is 1.48. The van der Waals surface area contributed by atoms with E-state index >= 15 is 0 Å². The maximum Gasteiger partial charge on any atom is 0.242 e. The molecule has 3 unspecified atom stereocenters. The first-order valence-corrected chi connectivity index (χ1v) is 7.73. The topological polar surface area (TPSA) is 82.2 Å². The third-order valence-electron chi connectivity index (χ3n) is 3.97. The smallest absolute Gasteiger partial charge is 0.242 e. The van der Waals surface area contributed by atoms with Crippen molar-refractivity contribution < 1.29 is 13.5 Å². The van der Waals surface area contributed by atoms with Gasteiger partial charge in [0.05, 0.1) is 11.5 Å². The quantitative estimate of drug-likeness (QED) is 0.770. The van der Waals surface area contributed by atoms with Crippen molar-refractivity contribution in [3.63, 3.8) is 0 Å². The molecule has 1 aromatic heterocycles. The van der Waals surface area contributed by atoms with E-state index in [1.54, 1.807) is 0 Å². The average molecular weight is 272 g/mol. The van der Waals surface area contributed by atoms with E-state index in [0.717, 1.165) is 12.8 Å². The first kappa shape index (κ1) is 13.6. The molecule has 5 nitrogen and oxygen atoms in total. The summed E-state index contributed by atoms with van der Waals surface area (Å²) in [5.41, 5.74) is 0.503. The van der Waals surface area contributed by atoms with Crippen LogP contribution in [0.4, 0.5) is 0 Å². The van der Waals surface area contributed by atoms with Gasteiger partial charge >= 0.3 is 0 Å². The Balaban J connectivity index is 2.12. The van der Waals surface area contributed by atoms with E-state index in [1.165, 1.54) is 12.3 Å². The lowest BCUT2D eigenvalue weighted by atomic mass is 9.98. The molecule has 1 heterocycles. The summed E-state index contributed by atoms with van der Waals surface area (Å²) in [6.45, 7) is 4.05. The van der Waals surface area contributed by atoms with Gasteiger partial charge in [-0.1, -0.05) is 13.8 Å². The molecular formula is C12H20N2O3S. The molecule has 0 aromatic carbocycles. The Morgan fingerprint density at radius 3 is 2.67 bits per heavy atom. The molecule has 0 aliphatic heterocycles. The van der Waals surface area contributed by atoms with Crippen molar-refractivity contribution in [3.8, 4) is 0 Å². The zero-order valence-electron chi connectivity index (χ0n) is 10.7. The van der Waals surface area contributed by atoms with Crippen molar-refractivity contribution in [2.24, 2.45) is 11.8 Å². The molecule has 3 N–H and O–H groups in total. The molecular weight excluding hydrogens is 252 g/mol. The fourth-order valence-electron chi connectivity index (χ4n) is 2.46. The van der Waals surface area contributed by atoms with E-state index in [0.29, 0.717) is 17.5 Å². The summed E-state index contributed by atoms with van der Waals surface area (Å²) in [4.78, 5) is 2.93. The normalized spacial score (nSPS) is 28.7. The Morgan fingerprint density at radius 1 is 1.44 bits per heavy atom. The maximum absolute atomic E-state index is 12.2. The van der Waals surface area contributed by atoms with Crippen LogP contribution >= 0.6 is 0 Å². The lowest BCUT2D eigenvalue weighted by molar-refractivity contribution is 0.277. The van der Waals surface area contributed by atoms with Crippen molar-refractivity contribution in [2.75, 3.05) is 0 Å². The molecule has 0 bridgehead atoms. The molecule has 2 rings (SSSR count). The number of H-pyrrole nitrogens is 1. The van der Waals surface area contributed by atoms with Crippen LogP contribution in [0.2, 0.25) is 0 Å². The van der Waals surface area contributed by atoms with Crippen LogP contribution < -0.4 is 4.72 Å². The van der Waals surface area contributed by atoms with Crippen LogP contribution in [-0.4, -0.2) is 24.6 Å². The Bertz CT molecular complexity index is 509. The molecule has 1 saturated carbocycles. The molecule has 0 spiro atoms. The Morgan fingerprint density at radius 2 is 2.17 bits per heavy atom. The van der Waals surface area contributed by atoms with E-state index < -0.39 is 10.0 Å². The van der Waals surface area contributed by atoms with Crippen molar-refractivity contribution >= 4 is 10.0 Å². The molecule has 102 valence electrons. The molecule has 1 aliphatic carbocycles. The lowest BCUT2D eigenvalue weighted by Gasteiger charge is -2.19. The van der Waals surface area contributed by atoms with Crippen LogP contribution in [0, 0.1) is 11.8 Å². The van der Waals surface area contributed by atoms with Gasteiger partial charge in [-0.3, -0.25) is 0 Å². The van der Waals surface area contributed by atoms with Gasteiger partial charge in [0.25, 0.3) is 0 Å². The highest BCUT2D eigenvalue weighted by Crippen LogP contribution is 2.32. The second kappa shape index (κ2) is 5.03. The van der Waals surface area contributed by atoms with Gasteiger partial charge in [0.2, 0.25) is 10.0 Å². The van der Waals surface area contributed by atoms with Gasteiger partial charge in [-0.15, -0.1) is 0 Å². The first-order chi connectivity index (χ1) is 8.44. The highest BCUT2D eigenvalue weighted by atomic mass is 32.2. The van der Waals surface area contributed by atoms with E-state index in [-0.39, 0.29) is 17.5 Å². The van der Waals surface area contributed by atoms with Crippen molar-refractivity contribution in [1.29, 1.82) is 0 Å². The molecule has 1 aliphatic rings. The predicted octanol–water partition coefficient (Wildman–Crippen LogP) is 1.22. The van der Waals surface area contributed by atoms with Gasteiger partial charge in [0.1, 0.15) is 0 Å². The second-order valence-electron chi connectivity index (χ2n) is 5.16. The minimum absolute atomic E-state index is 0.0116. The highest BCUT2D eigenvalue weighted by Gasteiger charge is 2.33. The minimum atomic E-state index is -3.48. The first-order valence-electron chi connectivity index (χ1n) is 6.24. The SMILES string of the molecule is CC1CCC(NS(=O)(=O)c2c[nH]c(CO)c2)C1C. The minimum Gasteiger partial charge on any atom is -0.390 e. The summed E-state index contributed by atoms with van der Waals surface area (Å²) in [6.07, 6.45) is 3.36. The number of nitrogens with one attached hydrogen (secondary N) is 2. The van der Waals surface area contributed by atoms with Crippen LogP contribution in [0.5, 0.6) is 0 Å². The zero-order chi connectivity index (χ0) is 13.3. The van der Waals surface area contributed by atoms with Gasteiger partial charge in [-0.2, -0.15) is 0 Å². The maximum atomic E-state index is 12.2. The largest absolute Gasteiger partial charge is 0.390 e. The Kier molecular flexibility index (Phi) is 3.79. The number of hydrogen-bond donors (Lipinski definition) is 3. The number of rotatable bonds is 4. The third-order valence-corrected chi connectivity index (χ3v) is 5.44. The summed E-state index contributed by atoms with van der Waals surface area (Å²) in [5.74, 6) is 0.910. The van der Waals surface area contributed by atoms with Crippen LogP contribution in [0.25, 0.3) is 0 Å². The molecule has 0 saturated heterocycles. The standard InChI is InChI=1S/C12H20N2O3S/c1-8-3-4-12(9(8)2)14-18(16,17)11-5-10(7-15)13-6-11/h5-6,8-9,12-15H,3-4,7H2,1-2H3. The van der Waals surface area contributed by atoms with E-state index in [1.807, 2.05) is 0 Å². The number of aliphatic hydroxyl groups is 1. The molecule has 6 heteroatoms. The van der Waals surface area contributed by atoms with Crippen LogP contribution in [-0.2, 0) is 16.6 Å². The lowest BCUT2D eigenvalue weighted by Crippen LogP contribution is -2.37. The summed E-state index contributed by atoms with van der Waals surface area (Å²) in [7, 11) is -3.48. The highest BCUT2D eigenvalue weighted by molar-refractivity contribution is 7.89. The van der Waals surface area contributed by atoms with E-state index in [2.05, 4.69) is 23.6 Å². The van der Waals surface area contributed by atoms with Gasteiger partial charge in [-0.05, 0) is 30.7 Å². The molecule has 18 heavy (non-hydrogen) atoms. The monoisotopic (exact) mass is 272 g/mol. The summed E-state index contributed by atoms with van der Waals surface area (Å²) < 4.78 is 27.1. The fraction of sp³-hybridized carbons (Fsp3) is 0.667. The number of aliphatic hydroxyl groups excluding tert-OH is 1. The number of sulfonamides is 1. The third kappa shape index (κ3) is 2.60. The summed E-state index contributed by atoms with van der Waals surface area (Å²) >= 11 is 0. The van der Waals surface area contributed by atoms with Gasteiger partial charge in [-0.25, -0.2) is 13.1 Å². The molecule has 1 fully saturated rings. The molecule has 1 aromatic rings. The van der Waals surface area contributed by atoms with Crippen LogP contribution in [0.15, 0.2) is 17.2 Å². The second-order valence-corrected chi connectivity index (χ2v) is 6.87. The Hall–Kier alpha value is -0.850. The average Bonchev–Trinajstić information content (AvgIpc) is 2.91. The van der Waals surface area contributed by atoms with Crippen molar-refractivity contribution in [1.82, 2.24) is 9.71 Å². The Labute approximate surface area is 108 Å². The number of aromatic nitrogens is 1. The van der Waals surface area contributed by atoms with Crippen molar-refractivity contribution in [2.45, 2.75) is 44.2 Å². The molecule has 0 radical (unpaired) electrons. The zero-order valence-corrected chi connectivity index (χ0v) is 11.5. The number of aromatic amines is 1.